The molecule has 8 heteroatoms. The molecule has 1 saturated heterocycles. The number of anilines is 1. The van der Waals surface area contributed by atoms with E-state index in [1.54, 1.807) is 19.2 Å². The summed E-state index contributed by atoms with van der Waals surface area (Å²) in [5.41, 5.74) is 0.0457. The van der Waals surface area contributed by atoms with Crippen LogP contribution in [0.2, 0.25) is 0 Å². The van der Waals surface area contributed by atoms with Crippen molar-refractivity contribution in [2.24, 2.45) is 14.1 Å². The van der Waals surface area contributed by atoms with Crippen LogP contribution >= 0.6 is 0 Å². The summed E-state index contributed by atoms with van der Waals surface area (Å²) >= 11 is 0. The highest BCUT2D eigenvalue weighted by molar-refractivity contribution is 5.39. The molecule has 0 aliphatic carbocycles. The summed E-state index contributed by atoms with van der Waals surface area (Å²) in [6, 6.07) is 10.7. The van der Waals surface area contributed by atoms with Crippen LogP contribution in [-0.4, -0.2) is 53.4 Å². The van der Waals surface area contributed by atoms with Gasteiger partial charge >= 0.3 is 5.69 Å². The molecule has 0 saturated carbocycles. The molecule has 0 N–H and O–H groups in total. The molecule has 0 bridgehead atoms. The van der Waals surface area contributed by atoms with Gasteiger partial charge < -0.3 is 9.64 Å². The number of hydrogen-bond acceptors (Lipinski definition) is 6. The van der Waals surface area contributed by atoms with Gasteiger partial charge in [-0.25, -0.2) is 4.79 Å². The Bertz CT molecular complexity index is 963. The van der Waals surface area contributed by atoms with E-state index in [1.165, 1.54) is 17.7 Å². The first-order valence-corrected chi connectivity index (χ1v) is 9.37. The summed E-state index contributed by atoms with van der Waals surface area (Å²) < 4.78 is 8.37. The molecular weight excluding hydrogens is 358 g/mol. The van der Waals surface area contributed by atoms with E-state index < -0.39 is 0 Å². The third-order valence-corrected chi connectivity index (χ3v) is 5.07. The van der Waals surface area contributed by atoms with Gasteiger partial charge in [-0.05, 0) is 30.7 Å². The molecule has 1 aliphatic rings. The van der Waals surface area contributed by atoms with Crippen LogP contribution in [0, 0.1) is 11.3 Å². The fourth-order valence-electron chi connectivity index (χ4n) is 3.33. The number of ether oxygens (including phenoxy) is 1. The molecule has 2 heterocycles. The largest absolute Gasteiger partial charge is 0.494 e. The lowest BCUT2D eigenvalue weighted by molar-refractivity contribution is 0.224. The van der Waals surface area contributed by atoms with Crippen molar-refractivity contribution in [2.75, 3.05) is 44.2 Å². The van der Waals surface area contributed by atoms with Gasteiger partial charge in [-0.15, -0.1) is 0 Å². The number of piperazine rings is 1. The van der Waals surface area contributed by atoms with E-state index in [0.29, 0.717) is 18.0 Å². The van der Waals surface area contributed by atoms with Gasteiger partial charge in [-0.2, -0.15) is 5.26 Å². The van der Waals surface area contributed by atoms with Gasteiger partial charge in [-0.3, -0.25) is 18.8 Å². The van der Waals surface area contributed by atoms with E-state index in [2.05, 4.69) is 15.9 Å². The Morgan fingerprint density at radius 2 is 1.71 bits per heavy atom. The molecule has 1 aromatic heterocycles. The first kappa shape index (κ1) is 19.7. The van der Waals surface area contributed by atoms with E-state index in [1.807, 2.05) is 12.1 Å². The van der Waals surface area contributed by atoms with Crippen molar-refractivity contribution in [2.45, 2.75) is 6.42 Å². The molecular formula is C20H25N5O3. The van der Waals surface area contributed by atoms with Crippen molar-refractivity contribution in [1.29, 1.82) is 5.26 Å². The third kappa shape index (κ3) is 4.43. The second-order valence-electron chi connectivity index (χ2n) is 6.91. The average Bonchev–Trinajstić information content (AvgIpc) is 2.73. The molecule has 3 rings (SSSR count). The monoisotopic (exact) mass is 383 g/mol. The van der Waals surface area contributed by atoms with Gasteiger partial charge in [-0.1, -0.05) is 0 Å². The number of rotatable bonds is 6. The van der Waals surface area contributed by atoms with Crippen molar-refractivity contribution >= 4 is 5.82 Å². The fourth-order valence-corrected chi connectivity index (χ4v) is 3.33. The van der Waals surface area contributed by atoms with E-state index >= 15 is 0 Å². The predicted octanol–water partition coefficient (Wildman–Crippen LogP) is 0.547. The maximum atomic E-state index is 12.1. The van der Waals surface area contributed by atoms with E-state index in [-0.39, 0.29) is 11.2 Å². The van der Waals surface area contributed by atoms with E-state index in [4.69, 9.17) is 10.00 Å². The SMILES string of the molecule is Cn1c(N2CCN(CCCOc3ccc(C#N)cc3)CC2)cc(=O)n(C)c1=O. The Morgan fingerprint density at radius 3 is 2.36 bits per heavy atom. The van der Waals surface area contributed by atoms with Crippen LogP contribution in [0.3, 0.4) is 0 Å². The minimum atomic E-state index is -0.301. The molecule has 1 aliphatic heterocycles. The van der Waals surface area contributed by atoms with E-state index in [9.17, 15) is 9.59 Å². The zero-order chi connectivity index (χ0) is 20.1. The Morgan fingerprint density at radius 1 is 1.04 bits per heavy atom. The third-order valence-electron chi connectivity index (χ3n) is 5.07. The van der Waals surface area contributed by atoms with Gasteiger partial charge in [0, 0.05) is 52.9 Å². The lowest BCUT2D eigenvalue weighted by atomic mass is 10.2. The molecule has 8 nitrogen and oxygen atoms in total. The molecule has 0 spiro atoms. The Hall–Kier alpha value is -3.05. The summed E-state index contributed by atoms with van der Waals surface area (Å²) in [5, 5.41) is 8.80. The highest BCUT2D eigenvalue weighted by Gasteiger charge is 2.20. The molecule has 0 radical (unpaired) electrons. The van der Waals surface area contributed by atoms with Crippen molar-refractivity contribution in [3.8, 4) is 11.8 Å². The smallest absolute Gasteiger partial charge is 0.332 e. The second-order valence-corrected chi connectivity index (χ2v) is 6.91. The highest BCUT2D eigenvalue weighted by Crippen LogP contribution is 2.14. The van der Waals surface area contributed by atoms with Crippen molar-refractivity contribution in [1.82, 2.24) is 14.0 Å². The Kier molecular flexibility index (Phi) is 6.16. The van der Waals surface area contributed by atoms with Crippen molar-refractivity contribution in [3.05, 3.63) is 56.7 Å². The lowest BCUT2D eigenvalue weighted by Crippen LogP contribution is -2.49. The molecule has 2 aromatic rings. The Balaban J connectivity index is 1.45. The number of aromatic nitrogens is 2. The van der Waals surface area contributed by atoms with Gasteiger partial charge in [0.05, 0.1) is 18.2 Å². The second kappa shape index (κ2) is 8.76. The molecule has 148 valence electrons. The van der Waals surface area contributed by atoms with Crippen molar-refractivity contribution < 1.29 is 4.74 Å². The minimum absolute atomic E-state index is 0.277. The number of benzene rings is 1. The van der Waals surface area contributed by atoms with Gasteiger partial charge in [0.15, 0.2) is 0 Å². The van der Waals surface area contributed by atoms with Gasteiger partial charge in [0.1, 0.15) is 11.6 Å². The van der Waals surface area contributed by atoms with Crippen LogP contribution in [0.25, 0.3) is 0 Å². The van der Waals surface area contributed by atoms with Gasteiger partial charge in [0.25, 0.3) is 5.56 Å². The zero-order valence-electron chi connectivity index (χ0n) is 16.3. The average molecular weight is 383 g/mol. The topological polar surface area (TPSA) is 83.5 Å². The quantitative estimate of drug-likeness (QED) is 0.678. The standard InChI is InChI=1S/C20H25N5O3/c1-22-18(14-19(26)23(2)20(22)27)25-11-9-24(10-12-25)8-3-13-28-17-6-4-16(15-21)5-7-17/h4-7,14H,3,8-13H2,1-2H3. The lowest BCUT2D eigenvalue weighted by Gasteiger charge is -2.36. The molecule has 1 fully saturated rings. The molecule has 28 heavy (non-hydrogen) atoms. The summed E-state index contributed by atoms with van der Waals surface area (Å²) in [6.07, 6.45) is 0.907. The summed E-state index contributed by atoms with van der Waals surface area (Å²) in [7, 11) is 3.19. The van der Waals surface area contributed by atoms with Crippen LogP contribution in [0.15, 0.2) is 39.9 Å². The molecule has 0 unspecified atom stereocenters. The Labute approximate surface area is 163 Å². The fraction of sp³-hybridized carbons (Fsp3) is 0.450. The summed E-state index contributed by atoms with van der Waals surface area (Å²) in [4.78, 5) is 28.5. The van der Waals surface area contributed by atoms with E-state index in [0.717, 1.165) is 49.5 Å². The van der Waals surface area contributed by atoms with Crippen LogP contribution in [0.4, 0.5) is 5.82 Å². The predicted molar refractivity (Wildman–Crippen MR) is 107 cm³/mol. The van der Waals surface area contributed by atoms with Gasteiger partial charge in [0.2, 0.25) is 0 Å². The molecule has 1 aromatic carbocycles. The maximum absolute atomic E-state index is 12.1. The molecule has 0 atom stereocenters. The zero-order valence-corrected chi connectivity index (χ0v) is 16.3. The van der Waals surface area contributed by atoms with Crippen LogP contribution in [-0.2, 0) is 14.1 Å². The number of hydrogen-bond donors (Lipinski definition) is 0. The first-order chi connectivity index (χ1) is 13.5. The van der Waals surface area contributed by atoms with Crippen LogP contribution < -0.4 is 20.9 Å². The highest BCUT2D eigenvalue weighted by atomic mass is 16.5. The van der Waals surface area contributed by atoms with Crippen LogP contribution in [0.5, 0.6) is 5.75 Å². The summed E-state index contributed by atoms with van der Waals surface area (Å²) in [5.74, 6) is 1.45. The minimum Gasteiger partial charge on any atom is -0.494 e. The molecule has 0 amide bonds. The normalized spacial score (nSPS) is 14.7. The first-order valence-electron chi connectivity index (χ1n) is 9.37. The maximum Gasteiger partial charge on any atom is 0.332 e. The van der Waals surface area contributed by atoms with Crippen molar-refractivity contribution in [3.63, 3.8) is 0 Å². The number of nitriles is 1. The van der Waals surface area contributed by atoms with Crippen LogP contribution in [0.1, 0.15) is 12.0 Å². The number of nitrogens with zero attached hydrogens (tertiary/aromatic N) is 5. The summed E-state index contributed by atoms with van der Waals surface area (Å²) in [6.45, 7) is 4.85.